The molecular formula is C10H13Cl2N3S. The van der Waals surface area contributed by atoms with E-state index < -0.39 is 0 Å². The second-order valence-electron chi connectivity index (χ2n) is 3.49. The number of aromatic nitrogens is 1. The fraction of sp³-hybridized carbons (Fsp3) is 0.300. The summed E-state index contributed by atoms with van der Waals surface area (Å²) in [6.07, 6.45) is 0. The Morgan fingerprint density at radius 1 is 1.25 bits per heavy atom. The Morgan fingerprint density at radius 2 is 2.00 bits per heavy atom. The topological polar surface area (TPSA) is 37.0 Å². The molecule has 3 nitrogen and oxygen atoms in total. The van der Waals surface area contributed by atoms with Gasteiger partial charge in [0.05, 0.1) is 16.3 Å². The van der Waals surface area contributed by atoms with Gasteiger partial charge in [-0.05, 0) is 12.1 Å². The van der Waals surface area contributed by atoms with Gasteiger partial charge in [0, 0.05) is 13.1 Å². The van der Waals surface area contributed by atoms with Crippen LogP contribution in [0.3, 0.4) is 0 Å². The summed E-state index contributed by atoms with van der Waals surface area (Å²) in [7, 11) is 0. The van der Waals surface area contributed by atoms with E-state index in [0.717, 1.165) is 23.7 Å². The zero-order valence-electron chi connectivity index (χ0n) is 8.47. The van der Waals surface area contributed by atoms with Gasteiger partial charge < -0.3 is 10.6 Å². The van der Waals surface area contributed by atoms with E-state index >= 15 is 0 Å². The van der Waals surface area contributed by atoms with Gasteiger partial charge in [0.2, 0.25) is 0 Å². The van der Waals surface area contributed by atoms with Gasteiger partial charge in [0.15, 0.2) is 5.13 Å². The van der Waals surface area contributed by atoms with Crippen molar-refractivity contribution < 1.29 is 0 Å². The molecule has 0 bridgehead atoms. The summed E-state index contributed by atoms with van der Waals surface area (Å²) < 4.78 is 1.25. The Bertz CT molecular complexity index is 423. The molecule has 6 heteroatoms. The summed E-state index contributed by atoms with van der Waals surface area (Å²) >= 11 is 1.72. The van der Waals surface area contributed by atoms with Crippen LogP contribution in [-0.4, -0.2) is 24.1 Å². The molecule has 0 saturated carbocycles. The first kappa shape index (κ1) is 13.5. The van der Waals surface area contributed by atoms with Crippen molar-refractivity contribution in [2.24, 2.45) is 0 Å². The predicted molar refractivity (Wildman–Crippen MR) is 74.4 cm³/mol. The molecule has 0 aliphatic carbocycles. The van der Waals surface area contributed by atoms with Crippen molar-refractivity contribution in [2.75, 3.05) is 18.4 Å². The van der Waals surface area contributed by atoms with E-state index in [1.807, 2.05) is 6.07 Å². The highest BCUT2D eigenvalue weighted by Gasteiger charge is 2.17. The first-order valence-electron chi connectivity index (χ1n) is 4.75. The lowest BCUT2D eigenvalue weighted by Crippen LogP contribution is -2.51. The van der Waals surface area contributed by atoms with Crippen LogP contribution in [0.15, 0.2) is 24.3 Å². The Hall–Kier alpha value is -0.550. The minimum atomic E-state index is 0. The minimum Gasteiger partial charge on any atom is -0.356 e. The summed E-state index contributed by atoms with van der Waals surface area (Å²) in [6, 6.07) is 8.80. The molecule has 2 N–H and O–H groups in total. The van der Waals surface area contributed by atoms with Crippen molar-refractivity contribution in [2.45, 2.75) is 6.04 Å². The Kier molecular flexibility index (Phi) is 4.80. The van der Waals surface area contributed by atoms with E-state index in [4.69, 9.17) is 0 Å². The molecule has 1 fully saturated rings. The molecule has 1 aromatic carbocycles. The standard InChI is InChI=1S/C10H11N3S.2ClH/c1-2-4-9-8(3-1)13-10(14-9)12-7-5-11-6-7;;/h1-4,7,11H,5-6H2,(H,12,13);2*1H. The highest BCUT2D eigenvalue weighted by atomic mass is 35.5. The molecule has 0 unspecified atom stereocenters. The number of thiazole rings is 1. The highest BCUT2D eigenvalue weighted by molar-refractivity contribution is 7.22. The van der Waals surface area contributed by atoms with Gasteiger partial charge in [-0.25, -0.2) is 4.98 Å². The molecule has 2 aromatic rings. The van der Waals surface area contributed by atoms with Crippen molar-refractivity contribution in [3.05, 3.63) is 24.3 Å². The smallest absolute Gasteiger partial charge is 0.184 e. The van der Waals surface area contributed by atoms with Crippen molar-refractivity contribution in [3.8, 4) is 0 Å². The largest absolute Gasteiger partial charge is 0.356 e. The third-order valence-electron chi connectivity index (χ3n) is 2.40. The van der Waals surface area contributed by atoms with Gasteiger partial charge in [0.25, 0.3) is 0 Å². The molecular weight excluding hydrogens is 265 g/mol. The van der Waals surface area contributed by atoms with Crippen LogP contribution in [0.25, 0.3) is 10.2 Å². The maximum Gasteiger partial charge on any atom is 0.184 e. The van der Waals surface area contributed by atoms with Crippen LogP contribution in [0.2, 0.25) is 0 Å². The molecule has 16 heavy (non-hydrogen) atoms. The van der Waals surface area contributed by atoms with Crippen LogP contribution in [0.4, 0.5) is 5.13 Å². The zero-order valence-corrected chi connectivity index (χ0v) is 10.9. The average molecular weight is 278 g/mol. The quantitative estimate of drug-likeness (QED) is 0.886. The lowest BCUT2D eigenvalue weighted by atomic mass is 10.2. The van der Waals surface area contributed by atoms with Crippen LogP contribution in [0, 0.1) is 0 Å². The Morgan fingerprint density at radius 3 is 2.62 bits per heavy atom. The lowest BCUT2D eigenvalue weighted by molar-refractivity contribution is 0.472. The number of halogens is 2. The van der Waals surface area contributed by atoms with Gasteiger partial charge in [-0.15, -0.1) is 24.8 Å². The molecule has 1 aliphatic rings. The number of fused-ring (bicyclic) bond motifs is 1. The zero-order chi connectivity index (χ0) is 9.38. The molecule has 0 amide bonds. The maximum absolute atomic E-state index is 4.51. The fourth-order valence-corrected chi connectivity index (χ4v) is 2.44. The van der Waals surface area contributed by atoms with E-state index in [-0.39, 0.29) is 24.8 Å². The summed E-state index contributed by atoms with van der Waals surface area (Å²) in [5.74, 6) is 0. The number of hydrogen-bond donors (Lipinski definition) is 2. The summed E-state index contributed by atoms with van der Waals surface area (Å²) in [5.41, 5.74) is 1.09. The molecule has 1 aliphatic heterocycles. The summed E-state index contributed by atoms with van der Waals surface area (Å²) in [6.45, 7) is 2.10. The SMILES string of the molecule is Cl.Cl.c1ccc2sc(NC3CNC3)nc2c1. The Labute approximate surface area is 110 Å². The summed E-state index contributed by atoms with van der Waals surface area (Å²) in [4.78, 5) is 4.51. The molecule has 0 spiro atoms. The van der Waals surface area contributed by atoms with Crippen LogP contribution < -0.4 is 10.6 Å². The minimum absolute atomic E-state index is 0. The number of nitrogens with one attached hydrogen (secondary N) is 2. The second kappa shape index (κ2) is 5.68. The van der Waals surface area contributed by atoms with Crippen molar-refractivity contribution in [1.29, 1.82) is 0 Å². The monoisotopic (exact) mass is 277 g/mol. The molecule has 1 saturated heterocycles. The first-order chi connectivity index (χ1) is 6.92. The number of nitrogens with zero attached hydrogens (tertiary/aromatic N) is 1. The Balaban J connectivity index is 0.000000640. The number of anilines is 1. The summed E-state index contributed by atoms with van der Waals surface area (Å²) in [5, 5.41) is 7.68. The normalized spacial score (nSPS) is 14.8. The maximum atomic E-state index is 4.51. The number of para-hydroxylation sites is 1. The second-order valence-corrected chi connectivity index (χ2v) is 4.52. The van der Waals surface area contributed by atoms with Crippen LogP contribution in [-0.2, 0) is 0 Å². The van der Waals surface area contributed by atoms with Gasteiger partial charge >= 0.3 is 0 Å². The molecule has 0 atom stereocenters. The van der Waals surface area contributed by atoms with E-state index in [0.29, 0.717) is 6.04 Å². The lowest BCUT2D eigenvalue weighted by Gasteiger charge is -2.27. The third-order valence-corrected chi connectivity index (χ3v) is 3.37. The average Bonchev–Trinajstić information content (AvgIpc) is 2.53. The highest BCUT2D eigenvalue weighted by Crippen LogP contribution is 2.25. The van der Waals surface area contributed by atoms with E-state index in [1.54, 1.807) is 11.3 Å². The van der Waals surface area contributed by atoms with Crippen LogP contribution in [0.1, 0.15) is 0 Å². The van der Waals surface area contributed by atoms with Crippen LogP contribution in [0.5, 0.6) is 0 Å². The van der Waals surface area contributed by atoms with Gasteiger partial charge in [0.1, 0.15) is 0 Å². The molecule has 2 heterocycles. The van der Waals surface area contributed by atoms with E-state index in [1.165, 1.54) is 4.70 Å². The predicted octanol–water partition coefficient (Wildman–Crippen LogP) is 2.52. The van der Waals surface area contributed by atoms with Crippen molar-refractivity contribution >= 4 is 51.5 Å². The van der Waals surface area contributed by atoms with Crippen molar-refractivity contribution in [3.63, 3.8) is 0 Å². The van der Waals surface area contributed by atoms with Crippen molar-refractivity contribution in [1.82, 2.24) is 10.3 Å². The van der Waals surface area contributed by atoms with E-state index in [2.05, 4.69) is 33.8 Å². The molecule has 1 aromatic heterocycles. The molecule has 88 valence electrons. The van der Waals surface area contributed by atoms with Gasteiger partial charge in [-0.3, -0.25) is 0 Å². The molecule has 0 radical (unpaired) electrons. The van der Waals surface area contributed by atoms with Gasteiger partial charge in [-0.2, -0.15) is 0 Å². The van der Waals surface area contributed by atoms with Gasteiger partial charge in [-0.1, -0.05) is 23.5 Å². The molecule has 3 rings (SSSR count). The third kappa shape index (κ3) is 2.58. The number of benzene rings is 1. The first-order valence-corrected chi connectivity index (χ1v) is 5.56. The van der Waals surface area contributed by atoms with Crippen LogP contribution >= 0.6 is 36.2 Å². The fourth-order valence-electron chi connectivity index (χ4n) is 1.50. The van der Waals surface area contributed by atoms with E-state index in [9.17, 15) is 0 Å². The number of hydrogen-bond acceptors (Lipinski definition) is 4. The number of rotatable bonds is 2.